The van der Waals surface area contributed by atoms with E-state index in [0.29, 0.717) is 6.54 Å². The van der Waals surface area contributed by atoms with Crippen molar-refractivity contribution in [1.82, 2.24) is 10.0 Å². The Balaban J connectivity index is 2.80. The van der Waals surface area contributed by atoms with Crippen LogP contribution in [0.5, 0.6) is 0 Å². The Bertz CT molecular complexity index is 699. The van der Waals surface area contributed by atoms with Gasteiger partial charge in [0.15, 0.2) is 6.61 Å². The molecular weight excluding hydrogens is 356 g/mol. The smallest absolute Gasteiger partial charge is 0.324 e. The molecule has 0 aliphatic rings. The van der Waals surface area contributed by atoms with Gasteiger partial charge in [-0.1, -0.05) is 38.5 Å². The number of hydrogen-bond acceptors (Lipinski definition) is 5. The molecule has 1 aromatic rings. The molecule has 0 unspecified atom stereocenters. The number of sulfonamides is 1. The Hall–Kier alpha value is -1.93. The fourth-order valence-electron chi connectivity index (χ4n) is 2.19. The zero-order valence-electron chi connectivity index (χ0n) is 15.7. The molecule has 1 atom stereocenters. The summed E-state index contributed by atoms with van der Waals surface area (Å²) in [5.74, 6) is -1.12. The summed E-state index contributed by atoms with van der Waals surface area (Å²) in [6.45, 7) is 7.56. The van der Waals surface area contributed by atoms with E-state index in [2.05, 4.69) is 10.0 Å². The minimum atomic E-state index is -3.87. The Labute approximate surface area is 155 Å². The van der Waals surface area contributed by atoms with Crippen LogP contribution in [-0.4, -0.2) is 39.5 Å². The Morgan fingerprint density at radius 2 is 1.77 bits per heavy atom. The zero-order valence-corrected chi connectivity index (χ0v) is 16.6. The summed E-state index contributed by atoms with van der Waals surface area (Å²) in [4.78, 5) is 23.9. The lowest BCUT2D eigenvalue weighted by atomic mass is 10.1. The first kappa shape index (κ1) is 22.1. The van der Waals surface area contributed by atoms with Gasteiger partial charge in [0, 0.05) is 6.54 Å². The van der Waals surface area contributed by atoms with Gasteiger partial charge in [0.05, 0.1) is 4.90 Å². The molecule has 0 saturated heterocycles. The van der Waals surface area contributed by atoms with Crippen molar-refractivity contribution in [2.45, 2.75) is 51.5 Å². The molecule has 1 amide bonds. The molecule has 0 aromatic heterocycles. The molecule has 26 heavy (non-hydrogen) atoms. The summed E-state index contributed by atoms with van der Waals surface area (Å²) in [7, 11) is -3.87. The first-order chi connectivity index (χ1) is 12.2. The van der Waals surface area contributed by atoms with Gasteiger partial charge in [-0.05, 0) is 37.8 Å². The maximum atomic E-state index is 12.5. The van der Waals surface area contributed by atoms with Crippen LogP contribution in [0.1, 0.15) is 39.2 Å². The molecule has 0 aliphatic heterocycles. The van der Waals surface area contributed by atoms with Gasteiger partial charge in [-0.3, -0.25) is 9.59 Å². The van der Waals surface area contributed by atoms with Gasteiger partial charge in [0.25, 0.3) is 5.91 Å². The number of hydrogen-bond donors (Lipinski definition) is 2. The van der Waals surface area contributed by atoms with Crippen molar-refractivity contribution in [3.8, 4) is 0 Å². The van der Waals surface area contributed by atoms with E-state index in [1.54, 1.807) is 12.1 Å². The molecule has 0 heterocycles. The van der Waals surface area contributed by atoms with E-state index in [0.717, 1.165) is 12.0 Å². The van der Waals surface area contributed by atoms with Crippen LogP contribution in [0, 0.1) is 12.8 Å². The van der Waals surface area contributed by atoms with E-state index in [4.69, 9.17) is 4.74 Å². The van der Waals surface area contributed by atoms with Crippen molar-refractivity contribution >= 4 is 21.9 Å². The number of ether oxygens (including phenoxy) is 1. The van der Waals surface area contributed by atoms with E-state index in [1.165, 1.54) is 12.1 Å². The fraction of sp³-hybridized carbons (Fsp3) is 0.556. The van der Waals surface area contributed by atoms with Crippen molar-refractivity contribution < 1.29 is 22.7 Å². The minimum Gasteiger partial charge on any atom is -0.454 e. The Morgan fingerprint density at radius 3 is 2.31 bits per heavy atom. The van der Waals surface area contributed by atoms with Crippen molar-refractivity contribution in [2.75, 3.05) is 13.2 Å². The summed E-state index contributed by atoms with van der Waals surface area (Å²) in [5.41, 5.74) is 0.931. The normalized spacial score (nSPS) is 12.7. The van der Waals surface area contributed by atoms with Crippen LogP contribution in [0.15, 0.2) is 29.2 Å². The molecule has 0 bridgehead atoms. The highest BCUT2D eigenvalue weighted by atomic mass is 32.2. The molecule has 146 valence electrons. The molecule has 1 rings (SSSR count). The van der Waals surface area contributed by atoms with E-state index in [9.17, 15) is 18.0 Å². The highest BCUT2D eigenvalue weighted by Crippen LogP contribution is 2.14. The summed E-state index contributed by atoms with van der Waals surface area (Å²) >= 11 is 0. The quantitative estimate of drug-likeness (QED) is 0.599. The number of aryl methyl sites for hydroxylation is 1. The van der Waals surface area contributed by atoms with Gasteiger partial charge < -0.3 is 10.1 Å². The molecule has 8 heteroatoms. The molecule has 0 saturated carbocycles. The summed E-state index contributed by atoms with van der Waals surface area (Å²) in [6.07, 6.45) is 1.03. The lowest BCUT2D eigenvalue weighted by molar-refractivity contribution is -0.150. The van der Waals surface area contributed by atoms with Crippen LogP contribution >= 0.6 is 0 Å². The second-order valence-corrected chi connectivity index (χ2v) is 8.29. The second-order valence-electron chi connectivity index (χ2n) is 6.57. The van der Waals surface area contributed by atoms with Crippen molar-refractivity contribution in [2.24, 2.45) is 5.92 Å². The molecular formula is C18H28N2O5S. The van der Waals surface area contributed by atoms with Gasteiger partial charge in [-0.25, -0.2) is 8.42 Å². The summed E-state index contributed by atoms with van der Waals surface area (Å²) < 4.78 is 32.4. The number of esters is 1. The lowest BCUT2D eigenvalue weighted by Crippen LogP contribution is -2.43. The lowest BCUT2D eigenvalue weighted by Gasteiger charge is -2.19. The summed E-state index contributed by atoms with van der Waals surface area (Å²) in [6, 6.07) is 5.27. The van der Waals surface area contributed by atoms with Crippen LogP contribution in [-0.2, 0) is 24.3 Å². The first-order valence-electron chi connectivity index (χ1n) is 8.68. The Morgan fingerprint density at radius 1 is 1.15 bits per heavy atom. The molecule has 0 fully saturated rings. The third-order valence-electron chi connectivity index (χ3n) is 3.54. The average Bonchev–Trinajstić information content (AvgIpc) is 2.57. The predicted molar refractivity (Wildman–Crippen MR) is 99.0 cm³/mol. The van der Waals surface area contributed by atoms with E-state index in [1.807, 2.05) is 27.7 Å². The second kappa shape index (κ2) is 10.3. The fourth-order valence-corrected chi connectivity index (χ4v) is 3.39. The monoisotopic (exact) mass is 384 g/mol. The van der Waals surface area contributed by atoms with Gasteiger partial charge in [0.1, 0.15) is 6.04 Å². The van der Waals surface area contributed by atoms with Crippen LogP contribution < -0.4 is 10.0 Å². The molecule has 1 aromatic carbocycles. The number of carbonyl (C=O) groups excluding carboxylic acids is 2. The SMILES string of the molecule is CCCNC(=O)COC(=O)[C@@H](CC(C)C)NS(=O)(=O)c1ccc(C)cc1. The van der Waals surface area contributed by atoms with Crippen LogP contribution in [0.2, 0.25) is 0 Å². The molecule has 0 spiro atoms. The zero-order chi connectivity index (χ0) is 19.7. The highest BCUT2D eigenvalue weighted by molar-refractivity contribution is 7.89. The van der Waals surface area contributed by atoms with Gasteiger partial charge >= 0.3 is 5.97 Å². The van der Waals surface area contributed by atoms with Gasteiger partial charge in [-0.2, -0.15) is 4.72 Å². The van der Waals surface area contributed by atoms with Gasteiger partial charge in [-0.15, -0.1) is 0 Å². The van der Waals surface area contributed by atoms with Crippen molar-refractivity contribution in [1.29, 1.82) is 0 Å². The largest absolute Gasteiger partial charge is 0.454 e. The maximum absolute atomic E-state index is 12.5. The molecule has 2 N–H and O–H groups in total. The summed E-state index contributed by atoms with van der Waals surface area (Å²) in [5, 5.41) is 2.59. The van der Waals surface area contributed by atoms with Crippen molar-refractivity contribution in [3.63, 3.8) is 0 Å². The Kier molecular flexibility index (Phi) is 8.74. The third-order valence-corrected chi connectivity index (χ3v) is 5.03. The standard InChI is InChI=1S/C18H28N2O5S/c1-5-10-19-17(21)12-25-18(22)16(11-13(2)3)20-26(23,24)15-8-6-14(4)7-9-15/h6-9,13,16,20H,5,10-12H2,1-4H3,(H,19,21)/t16-/m1/s1. The first-order valence-corrected chi connectivity index (χ1v) is 10.2. The number of nitrogens with one attached hydrogen (secondary N) is 2. The van der Waals surface area contributed by atoms with Crippen molar-refractivity contribution in [3.05, 3.63) is 29.8 Å². The topological polar surface area (TPSA) is 102 Å². The average molecular weight is 384 g/mol. The van der Waals surface area contributed by atoms with Crippen LogP contribution in [0.4, 0.5) is 0 Å². The number of benzene rings is 1. The number of rotatable bonds is 10. The molecule has 7 nitrogen and oxygen atoms in total. The van der Waals surface area contributed by atoms with E-state index >= 15 is 0 Å². The third kappa shape index (κ3) is 7.53. The number of amides is 1. The van der Waals surface area contributed by atoms with Crippen LogP contribution in [0.25, 0.3) is 0 Å². The molecule has 0 aliphatic carbocycles. The molecule has 0 radical (unpaired) electrons. The minimum absolute atomic E-state index is 0.0576. The van der Waals surface area contributed by atoms with E-state index < -0.39 is 34.5 Å². The van der Waals surface area contributed by atoms with Gasteiger partial charge in [0.2, 0.25) is 10.0 Å². The van der Waals surface area contributed by atoms with E-state index in [-0.39, 0.29) is 17.2 Å². The van der Waals surface area contributed by atoms with Crippen LogP contribution in [0.3, 0.4) is 0 Å². The predicted octanol–water partition coefficient (Wildman–Crippen LogP) is 1.76. The number of carbonyl (C=O) groups is 2. The maximum Gasteiger partial charge on any atom is 0.324 e. The highest BCUT2D eigenvalue weighted by Gasteiger charge is 2.28.